The lowest BCUT2D eigenvalue weighted by molar-refractivity contribution is 0.128. The minimum atomic E-state index is 0. The van der Waals surface area contributed by atoms with Gasteiger partial charge >= 0.3 is 0 Å². The molecule has 0 heterocycles. The fraction of sp³-hybridized carbons (Fsp3) is 0.600. The molecule has 1 rings (SSSR count). The molecular weight excluding hydrogens is 421 g/mol. The Balaban J connectivity index is 0.00000400. The van der Waals surface area contributed by atoms with Crippen molar-refractivity contribution in [1.29, 1.82) is 0 Å². The van der Waals surface area contributed by atoms with Crippen LogP contribution in [0, 0.1) is 0 Å². The molecule has 0 saturated carbocycles. The highest BCUT2D eigenvalue weighted by Crippen LogP contribution is 2.32. The standard InChI is InChI=1S/C15H23Br2NO2.ClH/c1-3-4-7-20-8-5-6-18-11-12-9-13(16)10-14(17)15(12)19-2;/h9-10,18H,3-8,11H2,1-2H3;1H. The van der Waals surface area contributed by atoms with Gasteiger partial charge < -0.3 is 14.8 Å². The molecule has 3 nitrogen and oxygen atoms in total. The first kappa shape index (κ1) is 21.2. The topological polar surface area (TPSA) is 30.5 Å². The van der Waals surface area contributed by atoms with Gasteiger partial charge in [0.1, 0.15) is 5.75 Å². The Hall–Kier alpha value is 0.190. The summed E-state index contributed by atoms with van der Waals surface area (Å²) < 4.78 is 13.0. The molecule has 0 unspecified atom stereocenters. The molecule has 0 amide bonds. The van der Waals surface area contributed by atoms with Crippen molar-refractivity contribution in [2.24, 2.45) is 0 Å². The van der Waals surface area contributed by atoms with Crippen molar-refractivity contribution in [3.05, 3.63) is 26.6 Å². The first-order valence-electron chi connectivity index (χ1n) is 6.99. The van der Waals surface area contributed by atoms with Gasteiger partial charge in [-0.15, -0.1) is 12.4 Å². The molecule has 122 valence electrons. The summed E-state index contributed by atoms with van der Waals surface area (Å²) in [5, 5.41) is 3.42. The van der Waals surface area contributed by atoms with Gasteiger partial charge in [0.2, 0.25) is 0 Å². The second-order valence-corrected chi connectivity index (χ2v) is 6.35. The van der Waals surface area contributed by atoms with E-state index in [2.05, 4.69) is 50.2 Å². The Morgan fingerprint density at radius 3 is 2.52 bits per heavy atom. The summed E-state index contributed by atoms with van der Waals surface area (Å²) >= 11 is 7.01. The van der Waals surface area contributed by atoms with E-state index < -0.39 is 0 Å². The van der Waals surface area contributed by atoms with Crippen molar-refractivity contribution in [2.45, 2.75) is 32.7 Å². The molecule has 1 aromatic carbocycles. The van der Waals surface area contributed by atoms with Crippen LogP contribution in [0.4, 0.5) is 0 Å². The highest BCUT2D eigenvalue weighted by Gasteiger charge is 2.08. The SMILES string of the molecule is CCCCOCCCNCc1cc(Br)cc(Br)c1OC.Cl. The van der Waals surface area contributed by atoms with E-state index in [9.17, 15) is 0 Å². The van der Waals surface area contributed by atoms with Gasteiger partial charge in [0.15, 0.2) is 0 Å². The van der Waals surface area contributed by atoms with Crippen molar-refractivity contribution in [3.63, 3.8) is 0 Å². The smallest absolute Gasteiger partial charge is 0.137 e. The molecule has 0 aliphatic rings. The summed E-state index contributed by atoms with van der Waals surface area (Å²) in [5.74, 6) is 0.889. The highest BCUT2D eigenvalue weighted by atomic mass is 79.9. The predicted octanol–water partition coefficient (Wildman–Crippen LogP) is 4.94. The molecular formula is C15H24Br2ClNO2. The van der Waals surface area contributed by atoms with Crippen LogP contribution in [-0.2, 0) is 11.3 Å². The predicted molar refractivity (Wildman–Crippen MR) is 97.7 cm³/mol. The van der Waals surface area contributed by atoms with Gasteiger partial charge in [-0.3, -0.25) is 0 Å². The van der Waals surface area contributed by atoms with Gasteiger partial charge in [0.05, 0.1) is 11.6 Å². The van der Waals surface area contributed by atoms with Crippen LogP contribution < -0.4 is 10.1 Å². The van der Waals surface area contributed by atoms with Crippen molar-refractivity contribution >= 4 is 44.3 Å². The fourth-order valence-corrected chi connectivity index (χ4v) is 3.32. The molecule has 0 aliphatic carbocycles. The summed E-state index contributed by atoms with van der Waals surface area (Å²) in [6, 6.07) is 4.07. The Morgan fingerprint density at radius 1 is 1.14 bits per heavy atom. The lowest BCUT2D eigenvalue weighted by Gasteiger charge is -2.12. The Morgan fingerprint density at radius 2 is 1.86 bits per heavy atom. The number of halogens is 3. The van der Waals surface area contributed by atoms with E-state index >= 15 is 0 Å². The van der Waals surface area contributed by atoms with E-state index in [4.69, 9.17) is 9.47 Å². The van der Waals surface area contributed by atoms with Crippen molar-refractivity contribution in [3.8, 4) is 5.75 Å². The maximum Gasteiger partial charge on any atom is 0.137 e. The molecule has 21 heavy (non-hydrogen) atoms. The minimum Gasteiger partial charge on any atom is -0.495 e. The van der Waals surface area contributed by atoms with E-state index in [-0.39, 0.29) is 12.4 Å². The first-order chi connectivity index (χ1) is 9.69. The molecule has 0 aliphatic heterocycles. The van der Waals surface area contributed by atoms with Crippen molar-refractivity contribution in [2.75, 3.05) is 26.9 Å². The summed E-state index contributed by atoms with van der Waals surface area (Å²) in [6.45, 7) is 5.61. The molecule has 0 radical (unpaired) electrons. The Bertz CT molecular complexity index is 406. The zero-order chi connectivity index (χ0) is 14.8. The van der Waals surface area contributed by atoms with Gasteiger partial charge in [-0.2, -0.15) is 0 Å². The highest BCUT2D eigenvalue weighted by molar-refractivity contribution is 9.11. The van der Waals surface area contributed by atoms with Crippen LogP contribution in [0.3, 0.4) is 0 Å². The fourth-order valence-electron chi connectivity index (χ4n) is 1.84. The normalized spacial score (nSPS) is 10.3. The van der Waals surface area contributed by atoms with E-state index in [1.807, 2.05) is 6.07 Å². The van der Waals surface area contributed by atoms with Gasteiger partial charge in [-0.25, -0.2) is 0 Å². The largest absolute Gasteiger partial charge is 0.495 e. The van der Waals surface area contributed by atoms with Crippen LogP contribution >= 0.6 is 44.3 Å². The van der Waals surface area contributed by atoms with Gasteiger partial charge in [0, 0.05) is 29.8 Å². The quantitative estimate of drug-likeness (QED) is 0.518. The molecule has 0 spiro atoms. The van der Waals surface area contributed by atoms with Crippen LogP contribution in [0.5, 0.6) is 5.75 Å². The number of rotatable bonds is 10. The number of nitrogens with one attached hydrogen (secondary N) is 1. The van der Waals surface area contributed by atoms with E-state index in [1.165, 1.54) is 6.42 Å². The number of hydrogen-bond donors (Lipinski definition) is 1. The van der Waals surface area contributed by atoms with E-state index in [0.29, 0.717) is 0 Å². The van der Waals surface area contributed by atoms with Gasteiger partial charge in [0.25, 0.3) is 0 Å². The summed E-state index contributed by atoms with van der Waals surface area (Å²) in [5.41, 5.74) is 1.14. The molecule has 1 aromatic rings. The molecule has 1 N–H and O–H groups in total. The summed E-state index contributed by atoms with van der Waals surface area (Å²) in [4.78, 5) is 0. The maximum atomic E-state index is 5.53. The zero-order valence-electron chi connectivity index (χ0n) is 12.6. The van der Waals surface area contributed by atoms with Gasteiger partial charge in [-0.05, 0) is 47.4 Å². The number of ether oxygens (including phenoxy) is 2. The first-order valence-corrected chi connectivity index (χ1v) is 8.58. The molecule has 0 atom stereocenters. The van der Waals surface area contributed by atoms with E-state index in [1.54, 1.807) is 7.11 Å². The number of unbranched alkanes of at least 4 members (excludes halogenated alkanes) is 1. The second kappa shape index (κ2) is 12.7. The van der Waals surface area contributed by atoms with Crippen LogP contribution in [0.15, 0.2) is 21.1 Å². The number of hydrogen-bond acceptors (Lipinski definition) is 3. The van der Waals surface area contributed by atoms with Gasteiger partial charge in [-0.1, -0.05) is 29.3 Å². The summed E-state index contributed by atoms with van der Waals surface area (Å²) in [6.07, 6.45) is 3.37. The minimum absolute atomic E-state index is 0. The Labute approximate surface area is 150 Å². The number of benzene rings is 1. The zero-order valence-corrected chi connectivity index (χ0v) is 16.6. The average Bonchev–Trinajstić information content (AvgIpc) is 2.41. The second-order valence-electron chi connectivity index (χ2n) is 4.58. The van der Waals surface area contributed by atoms with Crippen molar-refractivity contribution < 1.29 is 9.47 Å². The molecule has 6 heteroatoms. The molecule has 0 fully saturated rings. The lowest BCUT2D eigenvalue weighted by Crippen LogP contribution is -2.17. The third kappa shape index (κ3) is 8.41. The van der Waals surface area contributed by atoms with E-state index in [0.717, 1.165) is 59.4 Å². The van der Waals surface area contributed by atoms with Crippen molar-refractivity contribution in [1.82, 2.24) is 5.32 Å². The monoisotopic (exact) mass is 443 g/mol. The molecule has 0 saturated heterocycles. The van der Waals surface area contributed by atoms with Crippen LogP contribution in [0.2, 0.25) is 0 Å². The van der Waals surface area contributed by atoms with Crippen LogP contribution in [0.25, 0.3) is 0 Å². The Kier molecular flexibility index (Phi) is 12.8. The third-order valence-electron chi connectivity index (χ3n) is 2.89. The average molecular weight is 446 g/mol. The number of methoxy groups -OCH3 is 1. The van der Waals surface area contributed by atoms with Crippen LogP contribution in [0.1, 0.15) is 31.7 Å². The third-order valence-corrected chi connectivity index (χ3v) is 3.94. The maximum absolute atomic E-state index is 5.53. The molecule has 0 bridgehead atoms. The van der Waals surface area contributed by atoms with Crippen LogP contribution in [-0.4, -0.2) is 26.9 Å². The summed E-state index contributed by atoms with van der Waals surface area (Å²) in [7, 11) is 1.69. The lowest BCUT2D eigenvalue weighted by atomic mass is 10.2. The molecule has 0 aromatic heterocycles.